The SMILES string of the molecule is C=C(CC(=O)Nc1cc(C)ccc1OC)NNC(=O)c1cccc2ccccc12. The molecular weight excluding hydrogens is 366 g/mol. The molecule has 0 aromatic heterocycles. The minimum absolute atomic E-state index is 0.00703. The molecule has 0 aliphatic heterocycles. The monoisotopic (exact) mass is 389 g/mol. The summed E-state index contributed by atoms with van der Waals surface area (Å²) in [5.41, 5.74) is 7.81. The van der Waals surface area contributed by atoms with Crippen LogP contribution in [0.25, 0.3) is 10.8 Å². The van der Waals surface area contributed by atoms with Gasteiger partial charge in [0, 0.05) is 11.3 Å². The van der Waals surface area contributed by atoms with Crippen molar-refractivity contribution in [2.75, 3.05) is 12.4 Å². The van der Waals surface area contributed by atoms with Crippen molar-refractivity contribution < 1.29 is 14.3 Å². The fourth-order valence-corrected chi connectivity index (χ4v) is 2.99. The summed E-state index contributed by atoms with van der Waals surface area (Å²) in [4.78, 5) is 24.8. The summed E-state index contributed by atoms with van der Waals surface area (Å²) >= 11 is 0. The highest BCUT2D eigenvalue weighted by molar-refractivity contribution is 6.06. The Morgan fingerprint density at radius 3 is 2.55 bits per heavy atom. The van der Waals surface area contributed by atoms with Gasteiger partial charge in [0.2, 0.25) is 5.91 Å². The first-order valence-corrected chi connectivity index (χ1v) is 9.14. The zero-order valence-corrected chi connectivity index (χ0v) is 16.4. The smallest absolute Gasteiger partial charge is 0.270 e. The lowest BCUT2D eigenvalue weighted by Crippen LogP contribution is -2.37. The second kappa shape index (κ2) is 8.93. The highest BCUT2D eigenvalue weighted by atomic mass is 16.5. The van der Waals surface area contributed by atoms with Crippen molar-refractivity contribution in [3.05, 3.63) is 84.1 Å². The molecule has 0 atom stereocenters. The summed E-state index contributed by atoms with van der Waals surface area (Å²) < 4.78 is 5.26. The van der Waals surface area contributed by atoms with Gasteiger partial charge in [0.05, 0.1) is 19.2 Å². The maximum Gasteiger partial charge on any atom is 0.270 e. The number of ether oxygens (including phenoxy) is 1. The van der Waals surface area contributed by atoms with Crippen LogP contribution < -0.4 is 20.9 Å². The van der Waals surface area contributed by atoms with Crippen molar-refractivity contribution in [1.82, 2.24) is 10.9 Å². The number of hydrogen-bond donors (Lipinski definition) is 3. The second-order valence-corrected chi connectivity index (χ2v) is 6.64. The minimum Gasteiger partial charge on any atom is -0.495 e. The lowest BCUT2D eigenvalue weighted by atomic mass is 10.0. The van der Waals surface area contributed by atoms with E-state index in [0.717, 1.165) is 16.3 Å². The number of fused-ring (bicyclic) bond motifs is 1. The lowest BCUT2D eigenvalue weighted by molar-refractivity contribution is -0.115. The van der Waals surface area contributed by atoms with Crippen LogP contribution in [0.5, 0.6) is 5.75 Å². The molecule has 0 aliphatic rings. The molecule has 0 spiro atoms. The van der Waals surface area contributed by atoms with Gasteiger partial charge in [-0.05, 0) is 41.5 Å². The predicted octanol–water partition coefficient (Wildman–Crippen LogP) is 3.93. The fraction of sp³-hybridized carbons (Fsp3) is 0.130. The van der Waals surface area contributed by atoms with E-state index >= 15 is 0 Å². The summed E-state index contributed by atoms with van der Waals surface area (Å²) in [5.74, 6) is 0.00120. The Morgan fingerprint density at radius 1 is 1.00 bits per heavy atom. The van der Waals surface area contributed by atoms with Gasteiger partial charge in [-0.3, -0.25) is 15.0 Å². The Kier molecular flexibility index (Phi) is 6.14. The summed E-state index contributed by atoms with van der Waals surface area (Å²) in [6.45, 7) is 5.74. The van der Waals surface area contributed by atoms with Gasteiger partial charge in [-0.15, -0.1) is 0 Å². The number of aryl methyl sites for hydroxylation is 1. The zero-order chi connectivity index (χ0) is 20.8. The number of methoxy groups -OCH3 is 1. The van der Waals surface area contributed by atoms with Gasteiger partial charge in [0.25, 0.3) is 5.91 Å². The van der Waals surface area contributed by atoms with E-state index in [-0.39, 0.29) is 18.2 Å². The van der Waals surface area contributed by atoms with Crippen LogP contribution >= 0.6 is 0 Å². The Hall–Kier alpha value is -3.80. The number of rotatable bonds is 7. The normalized spacial score (nSPS) is 10.3. The first-order chi connectivity index (χ1) is 14.0. The van der Waals surface area contributed by atoms with E-state index in [9.17, 15) is 9.59 Å². The summed E-state index contributed by atoms with van der Waals surface area (Å²) in [7, 11) is 1.55. The largest absolute Gasteiger partial charge is 0.495 e. The van der Waals surface area contributed by atoms with Gasteiger partial charge < -0.3 is 15.5 Å². The maximum absolute atomic E-state index is 12.5. The molecule has 0 heterocycles. The number of nitrogens with one attached hydrogen (secondary N) is 3. The predicted molar refractivity (Wildman–Crippen MR) is 115 cm³/mol. The Morgan fingerprint density at radius 2 is 1.76 bits per heavy atom. The van der Waals surface area contributed by atoms with Crippen molar-refractivity contribution in [2.24, 2.45) is 0 Å². The molecule has 0 saturated heterocycles. The number of amides is 2. The Labute approximate surface area is 169 Å². The molecule has 148 valence electrons. The van der Waals surface area contributed by atoms with Crippen LogP contribution in [0.2, 0.25) is 0 Å². The first-order valence-electron chi connectivity index (χ1n) is 9.14. The number of carbonyl (C=O) groups excluding carboxylic acids is 2. The van der Waals surface area contributed by atoms with E-state index in [2.05, 4.69) is 22.7 Å². The van der Waals surface area contributed by atoms with Crippen LogP contribution in [-0.4, -0.2) is 18.9 Å². The zero-order valence-electron chi connectivity index (χ0n) is 16.4. The third-order valence-electron chi connectivity index (χ3n) is 4.39. The van der Waals surface area contributed by atoms with Crippen LogP contribution in [0.15, 0.2) is 72.9 Å². The topological polar surface area (TPSA) is 79.5 Å². The van der Waals surface area contributed by atoms with Crippen LogP contribution in [0, 0.1) is 6.92 Å². The molecular formula is C23H23N3O3. The summed E-state index contributed by atoms with van der Waals surface area (Å²) in [6.07, 6.45) is -0.00703. The minimum atomic E-state index is -0.302. The highest BCUT2D eigenvalue weighted by Crippen LogP contribution is 2.25. The Balaban J connectivity index is 1.57. The molecule has 3 rings (SSSR count). The third kappa shape index (κ3) is 4.93. The van der Waals surface area contributed by atoms with Crippen molar-refractivity contribution in [3.63, 3.8) is 0 Å². The molecule has 3 aromatic rings. The number of hydrazine groups is 1. The number of hydrogen-bond acceptors (Lipinski definition) is 4. The third-order valence-corrected chi connectivity index (χ3v) is 4.39. The second-order valence-electron chi connectivity index (χ2n) is 6.64. The van der Waals surface area contributed by atoms with Crippen molar-refractivity contribution in [2.45, 2.75) is 13.3 Å². The Bertz CT molecular complexity index is 1070. The van der Waals surface area contributed by atoms with E-state index in [1.54, 1.807) is 19.2 Å². The van der Waals surface area contributed by atoms with Crippen molar-refractivity contribution >= 4 is 28.3 Å². The van der Waals surface area contributed by atoms with Gasteiger partial charge in [0.1, 0.15) is 5.75 Å². The molecule has 0 fully saturated rings. The van der Waals surface area contributed by atoms with Crippen LogP contribution in [0.3, 0.4) is 0 Å². The maximum atomic E-state index is 12.5. The molecule has 0 radical (unpaired) electrons. The fourth-order valence-electron chi connectivity index (χ4n) is 2.99. The van der Waals surface area contributed by atoms with Crippen LogP contribution in [0.1, 0.15) is 22.3 Å². The van der Waals surface area contributed by atoms with Gasteiger partial charge in [-0.2, -0.15) is 0 Å². The van der Waals surface area contributed by atoms with Gasteiger partial charge in [-0.1, -0.05) is 49.0 Å². The summed E-state index contributed by atoms with van der Waals surface area (Å²) in [5, 5.41) is 4.63. The molecule has 6 nitrogen and oxygen atoms in total. The van der Waals surface area contributed by atoms with Gasteiger partial charge in [-0.25, -0.2) is 0 Å². The number of carbonyl (C=O) groups is 2. The van der Waals surface area contributed by atoms with E-state index in [0.29, 0.717) is 22.7 Å². The molecule has 0 unspecified atom stereocenters. The van der Waals surface area contributed by atoms with E-state index < -0.39 is 0 Å². The lowest BCUT2D eigenvalue weighted by Gasteiger charge is -2.14. The average Bonchev–Trinajstić information content (AvgIpc) is 2.71. The molecule has 29 heavy (non-hydrogen) atoms. The molecule has 3 N–H and O–H groups in total. The standard InChI is InChI=1S/C23H23N3O3/c1-15-11-12-21(29-3)20(13-15)24-22(27)14-16(2)25-26-23(28)19-10-6-8-17-7-4-5-9-18(17)19/h4-13,25H,2,14H2,1,3H3,(H,24,27)(H,26,28). The van der Waals surface area contributed by atoms with Gasteiger partial charge in [0.15, 0.2) is 0 Å². The highest BCUT2D eigenvalue weighted by Gasteiger charge is 2.12. The van der Waals surface area contributed by atoms with Crippen molar-refractivity contribution in [3.8, 4) is 5.75 Å². The average molecular weight is 389 g/mol. The molecule has 2 amide bonds. The van der Waals surface area contributed by atoms with E-state index in [1.165, 1.54) is 0 Å². The van der Waals surface area contributed by atoms with Crippen LogP contribution in [0.4, 0.5) is 5.69 Å². The van der Waals surface area contributed by atoms with Gasteiger partial charge >= 0.3 is 0 Å². The van der Waals surface area contributed by atoms with E-state index in [1.807, 2.05) is 55.5 Å². The quantitative estimate of drug-likeness (QED) is 0.535. The molecule has 0 bridgehead atoms. The van der Waals surface area contributed by atoms with E-state index in [4.69, 9.17) is 4.74 Å². The molecule has 0 saturated carbocycles. The summed E-state index contributed by atoms with van der Waals surface area (Å²) in [6, 6.07) is 18.7. The van der Waals surface area contributed by atoms with Crippen molar-refractivity contribution in [1.29, 1.82) is 0 Å². The molecule has 6 heteroatoms. The first kappa shape index (κ1) is 19.9. The molecule has 0 aliphatic carbocycles. The molecule has 3 aromatic carbocycles. The van der Waals surface area contributed by atoms with Crippen LogP contribution in [-0.2, 0) is 4.79 Å². The number of anilines is 1. The number of benzene rings is 3.